The maximum absolute atomic E-state index is 12.9. The third-order valence-corrected chi connectivity index (χ3v) is 4.87. The first-order valence-corrected chi connectivity index (χ1v) is 9.39. The van der Waals surface area contributed by atoms with Gasteiger partial charge in [0.2, 0.25) is 0 Å². The van der Waals surface area contributed by atoms with Crippen molar-refractivity contribution in [2.75, 3.05) is 0 Å². The average molecular weight is 472 g/mol. The molecule has 2 aromatic carbocycles. The number of aromatic carboxylic acids is 1. The van der Waals surface area contributed by atoms with E-state index >= 15 is 0 Å². The molecule has 0 saturated carbocycles. The lowest BCUT2D eigenvalue weighted by Gasteiger charge is -2.18. The van der Waals surface area contributed by atoms with Gasteiger partial charge in [0, 0.05) is 17.7 Å². The van der Waals surface area contributed by atoms with Gasteiger partial charge in [0.15, 0.2) is 23.5 Å². The molecular weight excluding hydrogens is 456 g/mol. The first kappa shape index (κ1) is 23.8. The number of fused-ring (bicyclic) bond motifs is 2. The van der Waals surface area contributed by atoms with Crippen LogP contribution < -0.4 is 9.47 Å². The molecule has 0 amide bonds. The Balaban J connectivity index is 2.24. The first-order valence-electron chi connectivity index (χ1n) is 9.39. The summed E-state index contributed by atoms with van der Waals surface area (Å²) in [5, 5.41) is 38.9. The number of esters is 2. The summed E-state index contributed by atoms with van der Waals surface area (Å²) in [5.41, 5.74) is -1.80. The third-order valence-electron chi connectivity index (χ3n) is 4.87. The SMILES string of the molecule is Cc1cc(O)c(C=O)c2c1C(=O)Oc1c(COC(=O)/C=C/C(=O)O)c(O)c(C(=O)O)c(C)c1O2. The Kier molecular flexibility index (Phi) is 6.25. The number of hydrogen-bond acceptors (Lipinski definition) is 10. The topological polar surface area (TPSA) is 194 Å². The van der Waals surface area contributed by atoms with Crippen LogP contribution in [0, 0.1) is 13.8 Å². The number of rotatable bonds is 6. The number of phenolic OH excluding ortho intramolecular Hbond substituents is 1. The molecule has 176 valence electrons. The predicted molar refractivity (Wildman–Crippen MR) is 110 cm³/mol. The van der Waals surface area contributed by atoms with Crippen molar-refractivity contribution in [2.45, 2.75) is 20.5 Å². The fourth-order valence-electron chi connectivity index (χ4n) is 3.32. The van der Waals surface area contributed by atoms with Crippen LogP contribution in [0.4, 0.5) is 0 Å². The number of hydrogen-bond donors (Lipinski definition) is 4. The number of carboxylic acid groups (broad SMARTS) is 2. The largest absolute Gasteiger partial charge is 0.507 e. The molecule has 0 aromatic heterocycles. The highest BCUT2D eigenvalue weighted by Crippen LogP contribution is 2.50. The predicted octanol–water partition coefficient (Wildman–Crippen LogP) is 2.23. The van der Waals surface area contributed by atoms with Crippen molar-refractivity contribution in [3.63, 3.8) is 0 Å². The Hall–Kier alpha value is -4.87. The summed E-state index contributed by atoms with van der Waals surface area (Å²) in [4.78, 5) is 58.6. The van der Waals surface area contributed by atoms with Gasteiger partial charge < -0.3 is 34.6 Å². The van der Waals surface area contributed by atoms with Gasteiger partial charge in [0.1, 0.15) is 29.2 Å². The van der Waals surface area contributed by atoms with Gasteiger partial charge in [-0.2, -0.15) is 0 Å². The number of benzene rings is 2. The smallest absolute Gasteiger partial charge is 0.347 e. The number of aldehydes is 1. The molecule has 1 heterocycles. The number of carbonyl (C=O) groups excluding carboxylic acids is 3. The van der Waals surface area contributed by atoms with E-state index in [1.54, 1.807) is 0 Å². The summed E-state index contributed by atoms with van der Waals surface area (Å²) < 4.78 is 15.9. The molecule has 2 aromatic rings. The second-order valence-corrected chi connectivity index (χ2v) is 7.01. The summed E-state index contributed by atoms with van der Waals surface area (Å²) in [7, 11) is 0. The second kappa shape index (κ2) is 8.94. The van der Waals surface area contributed by atoms with Crippen molar-refractivity contribution in [1.29, 1.82) is 0 Å². The van der Waals surface area contributed by atoms with Crippen LogP contribution in [0.2, 0.25) is 0 Å². The van der Waals surface area contributed by atoms with E-state index in [1.807, 2.05) is 0 Å². The number of carbonyl (C=O) groups is 5. The van der Waals surface area contributed by atoms with E-state index in [0.717, 1.165) is 6.07 Å². The van der Waals surface area contributed by atoms with Crippen LogP contribution >= 0.6 is 0 Å². The van der Waals surface area contributed by atoms with Gasteiger partial charge in [0.25, 0.3) is 0 Å². The van der Waals surface area contributed by atoms with Gasteiger partial charge >= 0.3 is 23.9 Å². The molecule has 0 aliphatic carbocycles. The van der Waals surface area contributed by atoms with Crippen LogP contribution in [-0.4, -0.2) is 50.6 Å². The Morgan fingerprint density at radius 2 is 1.71 bits per heavy atom. The highest BCUT2D eigenvalue weighted by atomic mass is 16.6. The van der Waals surface area contributed by atoms with E-state index < -0.39 is 70.2 Å². The standard InChI is InChI=1S/C22H16O12/c1-8-5-12(24)10(6-23)19-15(8)22(31)34-20-11(7-32-14(27)4-3-13(25)26)17(28)16(21(29)30)9(2)18(20)33-19/h3-6,24,28H,7H2,1-2H3,(H,25,26)(H,29,30)/b4-3+. The fourth-order valence-corrected chi connectivity index (χ4v) is 3.32. The van der Waals surface area contributed by atoms with Crippen LogP contribution in [0.15, 0.2) is 18.2 Å². The molecule has 12 nitrogen and oxygen atoms in total. The van der Waals surface area contributed by atoms with E-state index in [9.17, 15) is 39.3 Å². The van der Waals surface area contributed by atoms with Crippen LogP contribution in [0.5, 0.6) is 28.7 Å². The van der Waals surface area contributed by atoms with E-state index in [0.29, 0.717) is 12.2 Å². The van der Waals surface area contributed by atoms with Crippen LogP contribution in [0.25, 0.3) is 0 Å². The van der Waals surface area contributed by atoms with Gasteiger partial charge in [-0.15, -0.1) is 0 Å². The lowest BCUT2D eigenvalue weighted by molar-refractivity contribution is -0.139. The minimum Gasteiger partial charge on any atom is -0.507 e. The summed E-state index contributed by atoms with van der Waals surface area (Å²) >= 11 is 0. The van der Waals surface area contributed by atoms with Crippen molar-refractivity contribution >= 4 is 30.2 Å². The zero-order chi connectivity index (χ0) is 25.3. The van der Waals surface area contributed by atoms with Crippen LogP contribution in [-0.2, 0) is 20.9 Å². The highest BCUT2D eigenvalue weighted by molar-refractivity contribution is 6.02. The zero-order valence-electron chi connectivity index (χ0n) is 17.6. The first-order chi connectivity index (χ1) is 16.0. The van der Waals surface area contributed by atoms with Gasteiger partial charge in [-0.25, -0.2) is 19.2 Å². The summed E-state index contributed by atoms with van der Waals surface area (Å²) in [6, 6.07) is 1.13. The maximum atomic E-state index is 12.9. The van der Waals surface area contributed by atoms with Crippen molar-refractivity contribution in [2.24, 2.45) is 0 Å². The van der Waals surface area contributed by atoms with Crippen molar-refractivity contribution < 1.29 is 58.6 Å². The zero-order valence-corrected chi connectivity index (χ0v) is 17.6. The third kappa shape index (κ3) is 4.11. The van der Waals surface area contributed by atoms with E-state index in [-0.39, 0.29) is 28.7 Å². The van der Waals surface area contributed by atoms with Crippen molar-refractivity contribution in [3.8, 4) is 28.7 Å². The van der Waals surface area contributed by atoms with Gasteiger partial charge in [0.05, 0.1) is 11.1 Å². The van der Waals surface area contributed by atoms with Gasteiger partial charge in [-0.3, -0.25) is 4.79 Å². The fraction of sp³-hybridized carbons (Fsp3) is 0.136. The number of phenols is 2. The van der Waals surface area contributed by atoms with Crippen molar-refractivity contribution in [1.82, 2.24) is 0 Å². The molecule has 0 bridgehead atoms. The molecule has 0 saturated heterocycles. The van der Waals surface area contributed by atoms with Crippen LogP contribution in [0.1, 0.15) is 47.8 Å². The molecule has 0 atom stereocenters. The summed E-state index contributed by atoms with van der Waals surface area (Å²) in [6.45, 7) is 1.83. The molecule has 1 aliphatic heterocycles. The number of ether oxygens (including phenoxy) is 3. The number of aliphatic carboxylic acids is 1. The van der Waals surface area contributed by atoms with Crippen molar-refractivity contribution in [3.05, 3.63) is 51.6 Å². The number of aryl methyl sites for hydroxylation is 1. The normalized spacial score (nSPS) is 12.1. The minimum atomic E-state index is -1.60. The minimum absolute atomic E-state index is 0.169. The molecule has 0 radical (unpaired) electrons. The Labute approximate surface area is 190 Å². The molecule has 4 N–H and O–H groups in total. The van der Waals surface area contributed by atoms with Gasteiger partial charge in [-0.05, 0) is 25.5 Å². The van der Waals surface area contributed by atoms with Gasteiger partial charge in [-0.1, -0.05) is 0 Å². The molecule has 12 heteroatoms. The highest BCUT2D eigenvalue weighted by Gasteiger charge is 2.35. The second-order valence-electron chi connectivity index (χ2n) is 7.01. The monoisotopic (exact) mass is 472 g/mol. The Morgan fingerprint density at radius 1 is 1.03 bits per heavy atom. The molecule has 34 heavy (non-hydrogen) atoms. The average Bonchev–Trinajstić information content (AvgIpc) is 2.89. The summed E-state index contributed by atoms with van der Waals surface area (Å²) in [6.07, 6.45) is 1.30. The molecular formula is C22H16O12. The molecule has 0 unspecified atom stereocenters. The number of carboxylic acids is 2. The molecule has 1 aliphatic rings. The molecule has 3 rings (SSSR count). The van der Waals surface area contributed by atoms with Crippen LogP contribution in [0.3, 0.4) is 0 Å². The molecule has 0 spiro atoms. The lowest BCUT2D eigenvalue weighted by atomic mass is 10.0. The van der Waals surface area contributed by atoms with E-state index in [2.05, 4.69) is 0 Å². The number of aromatic hydroxyl groups is 2. The molecule has 0 fully saturated rings. The maximum Gasteiger partial charge on any atom is 0.347 e. The Bertz CT molecular complexity index is 1300. The van der Waals surface area contributed by atoms with E-state index in [4.69, 9.17) is 19.3 Å². The summed E-state index contributed by atoms with van der Waals surface area (Å²) in [5.74, 6) is -7.91. The quantitative estimate of drug-likeness (QED) is 0.207. The Morgan fingerprint density at radius 3 is 2.29 bits per heavy atom. The lowest BCUT2D eigenvalue weighted by Crippen LogP contribution is -2.13. The van der Waals surface area contributed by atoms with E-state index in [1.165, 1.54) is 13.8 Å².